The van der Waals surface area contributed by atoms with Gasteiger partial charge < -0.3 is 25.1 Å². The van der Waals surface area contributed by atoms with Gasteiger partial charge in [0.25, 0.3) is 0 Å². The molecule has 33 heavy (non-hydrogen) atoms. The van der Waals surface area contributed by atoms with Crippen molar-refractivity contribution in [3.63, 3.8) is 0 Å². The Kier molecular flexibility index (Phi) is 6.16. The second kappa shape index (κ2) is 8.46. The summed E-state index contributed by atoms with van der Waals surface area (Å²) in [5, 5.41) is 9.95. The van der Waals surface area contributed by atoms with Crippen LogP contribution < -0.4 is 5.73 Å². The lowest BCUT2D eigenvalue weighted by Crippen LogP contribution is -2.66. The molecular formula is C27H45NO5. The van der Waals surface area contributed by atoms with E-state index in [-0.39, 0.29) is 47.4 Å². The highest BCUT2D eigenvalue weighted by molar-refractivity contribution is 5.74. The Morgan fingerprint density at radius 2 is 1.79 bits per heavy atom. The maximum absolute atomic E-state index is 12.6. The molecule has 4 aliphatic carbocycles. The van der Waals surface area contributed by atoms with Crippen molar-refractivity contribution in [3.05, 3.63) is 0 Å². The minimum atomic E-state index is -0.371. The number of esters is 1. The Bertz CT molecular complexity index is 761. The second-order valence-corrected chi connectivity index (χ2v) is 12.6. The number of methoxy groups -OCH3 is 1. The number of carbonyl (C=O) groups is 1. The van der Waals surface area contributed by atoms with E-state index in [0.29, 0.717) is 23.2 Å². The number of nitrogens with two attached hydrogens (primary N) is 1. The molecule has 3 N–H and O–H groups in total. The molecule has 0 amide bonds. The number of hydrogen-bond donors (Lipinski definition) is 2. The van der Waals surface area contributed by atoms with Crippen molar-refractivity contribution in [1.29, 1.82) is 0 Å². The number of ether oxygens (including phenoxy) is 3. The standard InChI is InChI=1S/C27H45NO5/c1-16-22(29)7-8-23(32-16)33-18-9-12-25(2)17(15-18)5-6-20-19(25)10-13-26(3)21(24(30)31-4)11-14-27(20,26)28/h16-23,29H,5-15,28H2,1-4H3. The van der Waals surface area contributed by atoms with E-state index in [1.165, 1.54) is 32.8 Å². The fourth-order valence-electron chi connectivity index (χ4n) is 9.19. The molecule has 1 saturated heterocycles. The van der Waals surface area contributed by atoms with Crippen molar-refractivity contribution in [1.82, 2.24) is 0 Å². The molecule has 0 aromatic rings. The highest BCUT2D eigenvalue weighted by atomic mass is 16.7. The van der Waals surface area contributed by atoms with Gasteiger partial charge in [-0.1, -0.05) is 13.8 Å². The number of aliphatic hydroxyl groups excluding tert-OH is 1. The Labute approximate surface area is 199 Å². The topological polar surface area (TPSA) is 91.0 Å². The van der Waals surface area contributed by atoms with Crippen molar-refractivity contribution in [3.8, 4) is 0 Å². The molecule has 5 aliphatic rings. The summed E-state index contributed by atoms with van der Waals surface area (Å²) in [7, 11) is 1.52. The highest BCUT2D eigenvalue weighted by Gasteiger charge is 2.67. The molecule has 11 unspecified atom stereocenters. The van der Waals surface area contributed by atoms with Gasteiger partial charge >= 0.3 is 5.97 Å². The quantitative estimate of drug-likeness (QED) is 0.482. The Balaban J connectivity index is 1.28. The number of hydrogen-bond acceptors (Lipinski definition) is 6. The maximum Gasteiger partial charge on any atom is 0.309 e. The van der Waals surface area contributed by atoms with E-state index in [4.69, 9.17) is 19.9 Å². The molecule has 0 radical (unpaired) electrons. The average molecular weight is 464 g/mol. The minimum Gasteiger partial charge on any atom is -0.469 e. The van der Waals surface area contributed by atoms with Gasteiger partial charge in [0.1, 0.15) is 0 Å². The van der Waals surface area contributed by atoms with Gasteiger partial charge in [-0.15, -0.1) is 0 Å². The SMILES string of the molecule is COC(=O)C1CCC2(N)C3CCC4CC(OC5CCC(O)C(C)O5)CCC4(C)C3CCC12C. The van der Waals surface area contributed by atoms with Crippen LogP contribution in [0.4, 0.5) is 0 Å². The molecule has 11 atom stereocenters. The normalized spacial score (nSPS) is 54.1. The number of aliphatic hydroxyl groups is 1. The van der Waals surface area contributed by atoms with E-state index in [2.05, 4.69) is 13.8 Å². The van der Waals surface area contributed by atoms with E-state index in [0.717, 1.165) is 44.9 Å². The first-order valence-corrected chi connectivity index (χ1v) is 13.5. The summed E-state index contributed by atoms with van der Waals surface area (Å²) in [6, 6.07) is 0. The molecule has 1 aliphatic heterocycles. The molecule has 4 saturated carbocycles. The molecule has 0 spiro atoms. The molecule has 188 valence electrons. The van der Waals surface area contributed by atoms with Crippen molar-refractivity contribution < 1.29 is 24.1 Å². The lowest BCUT2D eigenvalue weighted by Gasteiger charge is -2.64. The molecule has 6 heteroatoms. The van der Waals surface area contributed by atoms with Crippen molar-refractivity contribution in [2.24, 2.45) is 40.2 Å². The summed E-state index contributed by atoms with van der Waals surface area (Å²) in [6.45, 7) is 6.74. The molecule has 0 aromatic carbocycles. The predicted molar refractivity (Wildman–Crippen MR) is 125 cm³/mol. The Hall–Kier alpha value is -0.690. The zero-order valence-corrected chi connectivity index (χ0v) is 21.1. The summed E-state index contributed by atoms with van der Waals surface area (Å²) in [5.74, 6) is 1.67. The van der Waals surface area contributed by atoms with Gasteiger partial charge in [0.15, 0.2) is 6.29 Å². The van der Waals surface area contributed by atoms with Gasteiger partial charge in [0.05, 0.1) is 31.3 Å². The fraction of sp³-hybridized carbons (Fsp3) is 0.963. The summed E-state index contributed by atoms with van der Waals surface area (Å²) in [6.07, 6.45) is 10.9. The fourth-order valence-corrected chi connectivity index (χ4v) is 9.19. The third kappa shape index (κ3) is 3.61. The lowest BCUT2D eigenvalue weighted by molar-refractivity contribution is -0.247. The van der Waals surface area contributed by atoms with Gasteiger partial charge in [-0.25, -0.2) is 0 Å². The van der Waals surface area contributed by atoms with Crippen LogP contribution in [-0.4, -0.2) is 48.3 Å². The third-order valence-corrected chi connectivity index (χ3v) is 11.4. The molecule has 5 rings (SSSR count). The molecule has 1 heterocycles. The number of rotatable bonds is 3. The maximum atomic E-state index is 12.6. The molecule has 0 bridgehead atoms. The summed E-state index contributed by atoms with van der Waals surface area (Å²) >= 11 is 0. The van der Waals surface area contributed by atoms with Crippen LogP contribution in [0.5, 0.6) is 0 Å². The molecular weight excluding hydrogens is 418 g/mol. The number of fused-ring (bicyclic) bond motifs is 5. The largest absolute Gasteiger partial charge is 0.469 e. The summed E-state index contributed by atoms with van der Waals surface area (Å²) in [5.41, 5.74) is 7.22. The van der Waals surface area contributed by atoms with Crippen LogP contribution in [0.15, 0.2) is 0 Å². The van der Waals surface area contributed by atoms with Crippen LogP contribution in [0.25, 0.3) is 0 Å². The first-order valence-electron chi connectivity index (χ1n) is 13.5. The summed E-state index contributed by atoms with van der Waals surface area (Å²) in [4.78, 5) is 12.6. The van der Waals surface area contributed by atoms with E-state index < -0.39 is 0 Å². The van der Waals surface area contributed by atoms with E-state index >= 15 is 0 Å². The van der Waals surface area contributed by atoms with Gasteiger partial charge in [-0.3, -0.25) is 4.79 Å². The first kappa shape index (κ1) is 24.0. The van der Waals surface area contributed by atoms with E-state index in [9.17, 15) is 9.90 Å². The predicted octanol–water partition coefficient (Wildman–Crippen LogP) is 4.17. The van der Waals surface area contributed by atoms with Crippen molar-refractivity contribution in [2.45, 2.75) is 122 Å². The van der Waals surface area contributed by atoms with Crippen LogP contribution in [0, 0.1) is 34.5 Å². The average Bonchev–Trinajstić information content (AvgIpc) is 3.07. The lowest BCUT2D eigenvalue weighted by atomic mass is 9.42. The molecule has 0 aromatic heterocycles. The Morgan fingerprint density at radius 1 is 1.00 bits per heavy atom. The van der Waals surface area contributed by atoms with Crippen LogP contribution in [-0.2, 0) is 19.0 Å². The zero-order valence-electron chi connectivity index (χ0n) is 21.1. The molecule has 6 nitrogen and oxygen atoms in total. The summed E-state index contributed by atoms with van der Waals surface area (Å²) < 4.78 is 17.6. The van der Waals surface area contributed by atoms with Crippen LogP contribution in [0.2, 0.25) is 0 Å². The zero-order chi connectivity index (χ0) is 23.6. The monoisotopic (exact) mass is 463 g/mol. The van der Waals surface area contributed by atoms with Crippen LogP contribution >= 0.6 is 0 Å². The van der Waals surface area contributed by atoms with Crippen LogP contribution in [0.3, 0.4) is 0 Å². The van der Waals surface area contributed by atoms with Crippen molar-refractivity contribution in [2.75, 3.05) is 7.11 Å². The number of carbonyl (C=O) groups excluding carboxylic acids is 1. The van der Waals surface area contributed by atoms with Gasteiger partial charge in [-0.05, 0) is 99.7 Å². The first-order chi connectivity index (χ1) is 15.6. The molecule has 5 fully saturated rings. The Morgan fingerprint density at radius 3 is 2.52 bits per heavy atom. The second-order valence-electron chi connectivity index (χ2n) is 12.6. The van der Waals surface area contributed by atoms with Crippen molar-refractivity contribution >= 4 is 5.97 Å². The van der Waals surface area contributed by atoms with Gasteiger partial charge in [-0.2, -0.15) is 0 Å². The van der Waals surface area contributed by atoms with E-state index in [1.807, 2.05) is 6.92 Å². The minimum absolute atomic E-state index is 0.0560. The van der Waals surface area contributed by atoms with Gasteiger partial charge in [0, 0.05) is 12.0 Å². The smallest absolute Gasteiger partial charge is 0.309 e. The van der Waals surface area contributed by atoms with E-state index in [1.54, 1.807) is 0 Å². The highest BCUT2D eigenvalue weighted by Crippen LogP contribution is 2.68. The van der Waals surface area contributed by atoms with Crippen LogP contribution in [0.1, 0.15) is 91.4 Å². The van der Waals surface area contributed by atoms with Gasteiger partial charge in [0.2, 0.25) is 0 Å². The third-order valence-electron chi connectivity index (χ3n) is 11.4.